The first-order chi connectivity index (χ1) is 11.8. The molecule has 0 aliphatic rings. The zero-order valence-corrected chi connectivity index (χ0v) is 14.7. The van der Waals surface area contributed by atoms with E-state index in [-0.39, 0.29) is 17.2 Å². The van der Waals surface area contributed by atoms with Crippen LogP contribution in [0, 0.1) is 6.92 Å². The van der Waals surface area contributed by atoms with E-state index in [1.54, 1.807) is 24.3 Å². The van der Waals surface area contributed by atoms with Gasteiger partial charge in [0.05, 0.1) is 17.7 Å². The third-order valence-electron chi connectivity index (χ3n) is 3.37. The van der Waals surface area contributed by atoms with Crippen LogP contribution in [0.1, 0.15) is 11.1 Å². The molecule has 132 valence electrons. The van der Waals surface area contributed by atoms with E-state index in [0.717, 1.165) is 9.87 Å². The number of hydrazone groups is 1. The van der Waals surface area contributed by atoms with Gasteiger partial charge in [-0.1, -0.05) is 29.8 Å². The summed E-state index contributed by atoms with van der Waals surface area (Å²) in [5, 5.41) is 13.1. The molecule has 2 N–H and O–H groups in total. The van der Waals surface area contributed by atoms with Gasteiger partial charge in [0.2, 0.25) is 10.0 Å². The number of aromatic hydroxyl groups is 1. The average molecular weight is 361 g/mol. The van der Waals surface area contributed by atoms with Gasteiger partial charge in [-0.3, -0.25) is 4.79 Å². The van der Waals surface area contributed by atoms with E-state index >= 15 is 0 Å². The minimum atomic E-state index is -3.75. The lowest BCUT2D eigenvalue weighted by Crippen LogP contribution is -2.36. The molecule has 8 heteroatoms. The van der Waals surface area contributed by atoms with E-state index in [9.17, 15) is 18.3 Å². The molecule has 2 aromatic carbocycles. The van der Waals surface area contributed by atoms with Gasteiger partial charge in [-0.15, -0.1) is 0 Å². The van der Waals surface area contributed by atoms with Crippen LogP contribution in [-0.4, -0.2) is 43.5 Å². The van der Waals surface area contributed by atoms with Crippen molar-refractivity contribution in [3.63, 3.8) is 0 Å². The molecule has 25 heavy (non-hydrogen) atoms. The lowest BCUT2D eigenvalue weighted by Gasteiger charge is -2.16. The Hall–Kier alpha value is -2.71. The number of benzene rings is 2. The highest BCUT2D eigenvalue weighted by Crippen LogP contribution is 2.14. The quantitative estimate of drug-likeness (QED) is 0.601. The molecule has 2 rings (SSSR count). The van der Waals surface area contributed by atoms with Crippen molar-refractivity contribution in [2.75, 3.05) is 13.6 Å². The Morgan fingerprint density at radius 1 is 1.24 bits per heavy atom. The van der Waals surface area contributed by atoms with Crippen LogP contribution in [-0.2, 0) is 14.8 Å². The predicted molar refractivity (Wildman–Crippen MR) is 94.8 cm³/mol. The summed E-state index contributed by atoms with van der Waals surface area (Å²) in [6.07, 6.45) is 1.35. The summed E-state index contributed by atoms with van der Waals surface area (Å²) in [6, 6.07) is 12.7. The van der Waals surface area contributed by atoms with E-state index in [2.05, 4.69) is 10.5 Å². The Kier molecular flexibility index (Phi) is 5.89. The SMILES string of the molecule is Cc1ccc(S(=O)(=O)N(C)CC(=O)NN=Cc2cccc(O)c2)cc1. The standard InChI is InChI=1S/C17H19N3O4S/c1-13-6-8-16(9-7-13)25(23,24)20(2)12-17(22)19-18-11-14-4-3-5-15(21)10-14/h3-11,21H,12H2,1-2H3,(H,19,22). The average Bonchev–Trinajstić information content (AvgIpc) is 2.55. The van der Waals surface area contributed by atoms with Crippen LogP contribution in [0.25, 0.3) is 0 Å². The molecule has 0 aliphatic carbocycles. The van der Waals surface area contributed by atoms with Crippen molar-refractivity contribution in [2.45, 2.75) is 11.8 Å². The van der Waals surface area contributed by atoms with Gasteiger partial charge in [0.1, 0.15) is 5.75 Å². The lowest BCUT2D eigenvalue weighted by molar-refractivity contribution is -0.121. The number of amides is 1. The molecule has 0 fully saturated rings. The molecule has 1 amide bonds. The topological polar surface area (TPSA) is 99.1 Å². The molecule has 0 saturated heterocycles. The number of carbonyl (C=O) groups is 1. The molecule has 0 aliphatic heterocycles. The zero-order valence-electron chi connectivity index (χ0n) is 13.9. The number of aryl methyl sites for hydroxylation is 1. The van der Waals surface area contributed by atoms with Crippen molar-refractivity contribution in [1.29, 1.82) is 0 Å². The van der Waals surface area contributed by atoms with Gasteiger partial charge < -0.3 is 5.11 Å². The van der Waals surface area contributed by atoms with Crippen molar-refractivity contribution < 1.29 is 18.3 Å². The van der Waals surface area contributed by atoms with Crippen LogP contribution in [0.15, 0.2) is 58.5 Å². The summed E-state index contributed by atoms with van der Waals surface area (Å²) in [7, 11) is -2.42. The smallest absolute Gasteiger partial charge is 0.255 e. The van der Waals surface area contributed by atoms with Crippen molar-refractivity contribution in [3.05, 3.63) is 59.7 Å². The molecule has 0 bridgehead atoms. The lowest BCUT2D eigenvalue weighted by atomic mass is 10.2. The number of nitrogens with zero attached hydrogens (tertiary/aromatic N) is 2. The Bertz CT molecular complexity index is 877. The number of rotatable bonds is 6. The molecule has 2 aromatic rings. The Labute approximate surface area is 146 Å². The van der Waals surface area contributed by atoms with Gasteiger partial charge in [-0.25, -0.2) is 13.8 Å². The number of carbonyl (C=O) groups excluding carboxylic acids is 1. The third kappa shape index (κ3) is 5.13. The second-order valence-electron chi connectivity index (χ2n) is 5.46. The normalized spacial score (nSPS) is 11.8. The molecule has 7 nitrogen and oxygen atoms in total. The summed E-state index contributed by atoms with van der Waals surface area (Å²) in [5.41, 5.74) is 3.80. The Morgan fingerprint density at radius 2 is 1.92 bits per heavy atom. The highest BCUT2D eigenvalue weighted by molar-refractivity contribution is 7.89. The number of phenols is 1. The van der Waals surface area contributed by atoms with E-state index in [1.807, 2.05) is 6.92 Å². The molecular formula is C17H19N3O4S. The Balaban J connectivity index is 1.96. The summed E-state index contributed by atoms with van der Waals surface area (Å²) in [4.78, 5) is 12.0. The van der Waals surface area contributed by atoms with Crippen LogP contribution < -0.4 is 5.43 Å². The van der Waals surface area contributed by atoms with Gasteiger partial charge in [0.25, 0.3) is 5.91 Å². The first-order valence-electron chi connectivity index (χ1n) is 7.43. The van der Waals surface area contributed by atoms with Crippen molar-refractivity contribution in [1.82, 2.24) is 9.73 Å². The number of nitrogens with one attached hydrogen (secondary N) is 1. The fraction of sp³-hybridized carbons (Fsp3) is 0.176. The van der Waals surface area contributed by atoms with E-state index in [4.69, 9.17) is 0 Å². The number of likely N-dealkylation sites (N-methyl/N-ethyl adjacent to an activating group) is 1. The fourth-order valence-corrected chi connectivity index (χ4v) is 3.12. The number of phenolic OH excluding ortho intramolecular Hbond substituents is 1. The number of sulfonamides is 1. The molecule has 0 aromatic heterocycles. The van der Waals surface area contributed by atoms with Crippen LogP contribution in [0.5, 0.6) is 5.75 Å². The summed E-state index contributed by atoms with van der Waals surface area (Å²) >= 11 is 0. The van der Waals surface area contributed by atoms with E-state index in [1.165, 1.54) is 37.5 Å². The summed E-state index contributed by atoms with van der Waals surface area (Å²) in [6.45, 7) is 1.49. The maximum Gasteiger partial charge on any atom is 0.255 e. The molecule has 0 unspecified atom stereocenters. The predicted octanol–water partition coefficient (Wildman–Crippen LogP) is 1.47. The molecule has 0 saturated carbocycles. The maximum absolute atomic E-state index is 12.4. The Morgan fingerprint density at radius 3 is 2.56 bits per heavy atom. The van der Waals surface area contributed by atoms with Crippen LogP contribution in [0.2, 0.25) is 0 Å². The highest BCUT2D eigenvalue weighted by Gasteiger charge is 2.22. The number of hydrogen-bond donors (Lipinski definition) is 2. The second-order valence-corrected chi connectivity index (χ2v) is 7.51. The van der Waals surface area contributed by atoms with Crippen LogP contribution in [0.4, 0.5) is 0 Å². The van der Waals surface area contributed by atoms with Gasteiger partial charge in [-0.2, -0.15) is 9.41 Å². The van der Waals surface area contributed by atoms with Gasteiger partial charge in [-0.05, 0) is 36.8 Å². The molecule has 0 radical (unpaired) electrons. The first kappa shape index (κ1) is 18.6. The van der Waals surface area contributed by atoms with Crippen LogP contribution >= 0.6 is 0 Å². The second kappa shape index (κ2) is 7.91. The van der Waals surface area contributed by atoms with Gasteiger partial charge in [0, 0.05) is 7.05 Å². The summed E-state index contributed by atoms with van der Waals surface area (Å²) < 4.78 is 25.7. The van der Waals surface area contributed by atoms with Gasteiger partial charge in [0.15, 0.2) is 0 Å². The first-order valence-corrected chi connectivity index (χ1v) is 8.87. The summed E-state index contributed by atoms with van der Waals surface area (Å²) in [5.74, 6) is -0.492. The minimum absolute atomic E-state index is 0.0826. The van der Waals surface area contributed by atoms with Crippen molar-refractivity contribution in [2.24, 2.45) is 5.10 Å². The molecular weight excluding hydrogens is 342 g/mol. The molecule has 0 atom stereocenters. The zero-order chi connectivity index (χ0) is 18.4. The van der Waals surface area contributed by atoms with Crippen LogP contribution in [0.3, 0.4) is 0 Å². The third-order valence-corrected chi connectivity index (χ3v) is 5.19. The fourth-order valence-electron chi connectivity index (χ4n) is 2.00. The van der Waals surface area contributed by atoms with E-state index in [0.29, 0.717) is 5.56 Å². The number of hydrogen-bond acceptors (Lipinski definition) is 5. The highest BCUT2D eigenvalue weighted by atomic mass is 32.2. The van der Waals surface area contributed by atoms with E-state index < -0.39 is 15.9 Å². The maximum atomic E-state index is 12.4. The van der Waals surface area contributed by atoms with Gasteiger partial charge >= 0.3 is 0 Å². The molecule has 0 heterocycles. The molecule has 0 spiro atoms. The largest absolute Gasteiger partial charge is 0.508 e. The van der Waals surface area contributed by atoms with Crippen molar-refractivity contribution >= 4 is 22.1 Å². The van der Waals surface area contributed by atoms with Crippen molar-refractivity contribution in [3.8, 4) is 5.75 Å². The monoisotopic (exact) mass is 361 g/mol. The minimum Gasteiger partial charge on any atom is -0.508 e.